The second-order valence-electron chi connectivity index (χ2n) is 4.71. The fourth-order valence-corrected chi connectivity index (χ4v) is 2.95. The van der Waals surface area contributed by atoms with Crippen LogP contribution in [-0.4, -0.2) is 4.98 Å². The number of hydrogen-bond donors (Lipinski definition) is 1. The van der Waals surface area contributed by atoms with E-state index in [1.165, 1.54) is 4.88 Å². The van der Waals surface area contributed by atoms with Gasteiger partial charge in [-0.25, -0.2) is 4.98 Å². The lowest BCUT2D eigenvalue weighted by Crippen LogP contribution is -2.31. The first-order valence-electron chi connectivity index (χ1n) is 5.97. The van der Waals surface area contributed by atoms with Gasteiger partial charge in [-0.15, -0.1) is 11.3 Å². The molecule has 0 spiro atoms. The molecule has 2 N–H and O–H groups in total. The maximum atomic E-state index is 6.25. The molecule has 0 bridgehead atoms. The minimum Gasteiger partial charge on any atom is -0.320 e. The van der Waals surface area contributed by atoms with Crippen molar-refractivity contribution in [3.05, 3.63) is 39.2 Å². The molecule has 1 aromatic carbocycles. The first-order chi connectivity index (χ1) is 8.44. The maximum Gasteiger partial charge on any atom is 0.113 e. The molecule has 1 heterocycles. The second kappa shape index (κ2) is 5.00. The van der Waals surface area contributed by atoms with Gasteiger partial charge in [-0.1, -0.05) is 30.7 Å². The molecule has 0 aliphatic heterocycles. The average Bonchev–Trinajstić information content (AvgIpc) is 2.72. The zero-order valence-electron chi connectivity index (χ0n) is 10.8. The lowest BCUT2D eigenvalue weighted by Gasteiger charge is -2.18. The molecule has 2 nitrogen and oxygen atoms in total. The molecule has 0 saturated heterocycles. The van der Waals surface area contributed by atoms with E-state index >= 15 is 0 Å². The number of benzene rings is 1. The number of rotatable bonds is 3. The summed E-state index contributed by atoms with van der Waals surface area (Å²) >= 11 is 7.69. The molecule has 1 aromatic heterocycles. The summed E-state index contributed by atoms with van der Waals surface area (Å²) in [4.78, 5) is 5.88. The van der Waals surface area contributed by atoms with Crippen LogP contribution in [0.15, 0.2) is 24.3 Å². The molecule has 0 aliphatic rings. The predicted molar refractivity (Wildman–Crippen MR) is 79.1 cm³/mol. The van der Waals surface area contributed by atoms with Crippen LogP contribution in [0.1, 0.15) is 30.2 Å². The SMILES string of the molecule is CCC(C)(N)c1nc(-c2cccc(Cl)c2)c(C)s1. The number of aromatic nitrogens is 1. The number of aryl methyl sites for hydroxylation is 1. The Kier molecular flexibility index (Phi) is 3.76. The molecule has 0 amide bonds. The fourth-order valence-electron chi connectivity index (χ4n) is 1.70. The lowest BCUT2D eigenvalue weighted by atomic mass is 10.0. The van der Waals surface area contributed by atoms with E-state index in [1.807, 2.05) is 31.2 Å². The first-order valence-corrected chi connectivity index (χ1v) is 7.16. The van der Waals surface area contributed by atoms with Crippen LogP contribution in [-0.2, 0) is 5.54 Å². The van der Waals surface area contributed by atoms with Gasteiger partial charge >= 0.3 is 0 Å². The molecule has 1 atom stereocenters. The van der Waals surface area contributed by atoms with Crippen molar-refractivity contribution in [2.45, 2.75) is 32.7 Å². The van der Waals surface area contributed by atoms with Crippen LogP contribution in [0.25, 0.3) is 11.3 Å². The highest BCUT2D eigenvalue weighted by atomic mass is 35.5. The van der Waals surface area contributed by atoms with Gasteiger partial charge in [0.05, 0.1) is 11.2 Å². The highest BCUT2D eigenvalue weighted by molar-refractivity contribution is 7.12. The van der Waals surface area contributed by atoms with Crippen molar-refractivity contribution in [3.8, 4) is 11.3 Å². The predicted octanol–water partition coefficient (Wildman–Crippen LogP) is 4.36. The smallest absolute Gasteiger partial charge is 0.113 e. The zero-order valence-corrected chi connectivity index (χ0v) is 12.4. The summed E-state index contributed by atoms with van der Waals surface area (Å²) in [5.74, 6) is 0. The first kappa shape index (κ1) is 13.5. The van der Waals surface area contributed by atoms with Crippen LogP contribution >= 0.6 is 22.9 Å². The number of halogens is 1. The van der Waals surface area contributed by atoms with E-state index in [4.69, 9.17) is 22.3 Å². The molecular formula is C14H17ClN2S. The van der Waals surface area contributed by atoms with E-state index in [1.54, 1.807) is 11.3 Å². The summed E-state index contributed by atoms with van der Waals surface area (Å²) in [6, 6.07) is 7.77. The Morgan fingerprint density at radius 2 is 2.17 bits per heavy atom. The minimum atomic E-state index is -0.355. The quantitative estimate of drug-likeness (QED) is 0.907. The molecule has 0 fully saturated rings. The van der Waals surface area contributed by atoms with Crippen molar-refractivity contribution < 1.29 is 0 Å². The molecule has 18 heavy (non-hydrogen) atoms. The van der Waals surface area contributed by atoms with Crippen molar-refractivity contribution >= 4 is 22.9 Å². The Balaban J connectivity index is 2.48. The van der Waals surface area contributed by atoms with Gasteiger partial charge in [0.15, 0.2) is 0 Å². The Labute approximate surface area is 117 Å². The average molecular weight is 281 g/mol. The third-order valence-corrected chi connectivity index (χ3v) is 4.60. The summed E-state index contributed by atoms with van der Waals surface area (Å²) in [5, 5.41) is 1.71. The molecule has 96 valence electrons. The van der Waals surface area contributed by atoms with Crippen molar-refractivity contribution in [1.82, 2.24) is 4.98 Å². The van der Waals surface area contributed by atoms with Gasteiger partial charge in [0.2, 0.25) is 0 Å². The van der Waals surface area contributed by atoms with Crippen LogP contribution in [0.4, 0.5) is 0 Å². The van der Waals surface area contributed by atoms with Crippen molar-refractivity contribution in [3.63, 3.8) is 0 Å². The van der Waals surface area contributed by atoms with Crippen molar-refractivity contribution in [1.29, 1.82) is 0 Å². The van der Waals surface area contributed by atoms with Gasteiger partial charge in [-0.3, -0.25) is 0 Å². The van der Waals surface area contributed by atoms with E-state index in [0.29, 0.717) is 0 Å². The second-order valence-corrected chi connectivity index (χ2v) is 6.34. The highest BCUT2D eigenvalue weighted by Gasteiger charge is 2.24. The van der Waals surface area contributed by atoms with Gasteiger partial charge in [0.1, 0.15) is 5.01 Å². The lowest BCUT2D eigenvalue weighted by molar-refractivity contribution is 0.474. The number of thiazole rings is 1. The molecule has 0 saturated carbocycles. The molecule has 0 aliphatic carbocycles. The molecule has 0 radical (unpaired) electrons. The van der Waals surface area contributed by atoms with Gasteiger partial charge in [0.25, 0.3) is 0 Å². The Hall–Kier alpha value is -0.900. The van der Waals surface area contributed by atoms with Crippen molar-refractivity contribution in [2.24, 2.45) is 5.73 Å². The van der Waals surface area contributed by atoms with E-state index in [-0.39, 0.29) is 5.54 Å². The number of nitrogens with zero attached hydrogens (tertiary/aromatic N) is 1. The monoisotopic (exact) mass is 280 g/mol. The van der Waals surface area contributed by atoms with Crippen molar-refractivity contribution in [2.75, 3.05) is 0 Å². The maximum absolute atomic E-state index is 6.25. The Bertz CT molecular complexity index is 561. The summed E-state index contributed by atoms with van der Waals surface area (Å²) in [5.41, 5.74) is 7.93. The summed E-state index contributed by atoms with van der Waals surface area (Å²) < 4.78 is 0. The molecule has 1 unspecified atom stereocenters. The topological polar surface area (TPSA) is 38.9 Å². The summed E-state index contributed by atoms with van der Waals surface area (Å²) in [6.07, 6.45) is 0.870. The third kappa shape index (κ3) is 2.58. The van der Waals surface area contributed by atoms with Crippen LogP contribution in [0.3, 0.4) is 0 Å². The molecule has 2 rings (SSSR count). The van der Waals surface area contributed by atoms with Gasteiger partial charge in [-0.05, 0) is 32.4 Å². The van der Waals surface area contributed by atoms with E-state index in [2.05, 4.69) is 13.8 Å². The van der Waals surface area contributed by atoms with Gasteiger partial charge < -0.3 is 5.73 Å². The van der Waals surface area contributed by atoms with Crippen LogP contribution < -0.4 is 5.73 Å². The van der Waals surface area contributed by atoms with Gasteiger partial charge in [-0.2, -0.15) is 0 Å². The molecular weight excluding hydrogens is 264 g/mol. The third-order valence-electron chi connectivity index (χ3n) is 3.12. The zero-order chi connectivity index (χ0) is 13.3. The molecule has 4 heteroatoms. The minimum absolute atomic E-state index is 0.355. The van der Waals surface area contributed by atoms with E-state index < -0.39 is 0 Å². The van der Waals surface area contributed by atoms with Crippen LogP contribution in [0.5, 0.6) is 0 Å². The van der Waals surface area contributed by atoms with Crippen LogP contribution in [0, 0.1) is 6.92 Å². The van der Waals surface area contributed by atoms with E-state index in [9.17, 15) is 0 Å². The fraction of sp³-hybridized carbons (Fsp3) is 0.357. The van der Waals surface area contributed by atoms with Gasteiger partial charge in [0, 0.05) is 15.5 Å². The summed E-state index contributed by atoms with van der Waals surface area (Å²) in [7, 11) is 0. The Morgan fingerprint density at radius 3 is 2.78 bits per heavy atom. The normalized spacial score (nSPS) is 14.5. The van der Waals surface area contributed by atoms with E-state index in [0.717, 1.165) is 27.7 Å². The summed E-state index contributed by atoms with van der Waals surface area (Å²) in [6.45, 7) is 6.17. The van der Waals surface area contributed by atoms with Crippen LogP contribution in [0.2, 0.25) is 5.02 Å². The largest absolute Gasteiger partial charge is 0.320 e. The molecule has 2 aromatic rings. The number of hydrogen-bond acceptors (Lipinski definition) is 3. The standard InChI is InChI=1S/C14H17ClN2S/c1-4-14(3,16)13-17-12(9(2)18-13)10-6-5-7-11(15)8-10/h5-8H,4,16H2,1-3H3. The Morgan fingerprint density at radius 1 is 1.44 bits per heavy atom. The highest BCUT2D eigenvalue weighted by Crippen LogP contribution is 2.33. The number of nitrogens with two attached hydrogens (primary N) is 1.